The zero-order valence-electron chi connectivity index (χ0n) is 9.47. The van der Waals surface area contributed by atoms with E-state index < -0.39 is 44.8 Å². The molecule has 8 heteroatoms. The summed E-state index contributed by atoms with van der Waals surface area (Å²) < 4.78 is 62.9. The minimum atomic E-state index is -4.67. The first-order valence-corrected chi connectivity index (χ1v) is 6.68. The maximum atomic E-state index is 13.0. The number of carbonyl (C=O) groups is 1. The fourth-order valence-electron chi connectivity index (χ4n) is 1.45. The van der Waals surface area contributed by atoms with E-state index in [1.54, 1.807) is 0 Å². The van der Waals surface area contributed by atoms with Crippen molar-refractivity contribution in [1.82, 2.24) is 0 Å². The van der Waals surface area contributed by atoms with Gasteiger partial charge >= 0.3 is 5.51 Å². The van der Waals surface area contributed by atoms with Gasteiger partial charge in [-0.05, 0) is 30.3 Å². The summed E-state index contributed by atoms with van der Waals surface area (Å²) in [4.78, 5) is 9.55. The number of ketones is 1. The molecule has 1 unspecified atom stereocenters. The Balaban J connectivity index is 3.34. The van der Waals surface area contributed by atoms with Gasteiger partial charge in [0.05, 0.1) is 4.83 Å². The highest BCUT2D eigenvalue weighted by Gasteiger charge is 2.33. The Morgan fingerprint density at radius 2 is 1.89 bits per heavy atom. The first-order chi connectivity index (χ1) is 8.63. The Morgan fingerprint density at radius 1 is 1.32 bits per heavy atom. The van der Waals surface area contributed by atoms with Gasteiger partial charge in [-0.1, -0.05) is 28.1 Å². The number of rotatable bonds is 4. The van der Waals surface area contributed by atoms with Gasteiger partial charge in [0, 0.05) is 10.5 Å². The Hall–Kier alpha value is -0.630. The smallest absolute Gasteiger partial charge is 0.298 e. The van der Waals surface area contributed by atoms with Crippen molar-refractivity contribution in [2.45, 2.75) is 28.6 Å². The molecule has 0 heterocycles. The van der Waals surface area contributed by atoms with Crippen LogP contribution in [-0.2, 0) is 4.79 Å². The first-order valence-electron chi connectivity index (χ1n) is 4.94. The molecule has 0 amide bonds. The number of thioether (sulfide) groups is 1. The summed E-state index contributed by atoms with van der Waals surface area (Å²) in [7, 11) is 0. The van der Waals surface area contributed by atoms with Gasteiger partial charge in [-0.3, -0.25) is 4.79 Å². The third-order valence-corrected chi connectivity index (χ3v) is 4.12. The van der Waals surface area contributed by atoms with E-state index in [0.29, 0.717) is 0 Å². The van der Waals surface area contributed by atoms with Gasteiger partial charge in [0.25, 0.3) is 6.43 Å². The van der Waals surface area contributed by atoms with Crippen LogP contribution < -0.4 is 0 Å². The van der Waals surface area contributed by atoms with Crippen molar-refractivity contribution in [3.05, 3.63) is 29.3 Å². The third kappa shape index (κ3) is 4.45. The van der Waals surface area contributed by atoms with E-state index in [4.69, 9.17) is 0 Å². The van der Waals surface area contributed by atoms with Crippen molar-refractivity contribution >= 4 is 33.5 Å². The van der Waals surface area contributed by atoms with Gasteiger partial charge in [0.2, 0.25) is 0 Å². The monoisotopic (exact) mass is 362 g/mol. The van der Waals surface area contributed by atoms with Crippen LogP contribution in [0.1, 0.15) is 29.3 Å². The fourth-order valence-corrected chi connectivity index (χ4v) is 2.56. The van der Waals surface area contributed by atoms with Crippen molar-refractivity contribution in [3.8, 4) is 0 Å². The van der Waals surface area contributed by atoms with Crippen LogP contribution in [0.2, 0.25) is 0 Å². The SMILES string of the molecule is CC(=O)C(Br)c1cccc(SC(F)(F)F)c1C(F)F. The number of hydrogen-bond acceptors (Lipinski definition) is 2. The average Bonchev–Trinajstić information content (AvgIpc) is 2.24. The summed E-state index contributed by atoms with van der Waals surface area (Å²) in [5, 5.41) is 0. The highest BCUT2D eigenvalue weighted by atomic mass is 79.9. The molecular formula is C11H8BrF5OS. The van der Waals surface area contributed by atoms with Crippen LogP contribution in [0.25, 0.3) is 0 Å². The second-order valence-corrected chi connectivity index (χ2v) is 5.60. The molecule has 0 fully saturated rings. The normalized spacial score (nSPS) is 13.7. The molecule has 1 aromatic carbocycles. The molecule has 0 aromatic heterocycles. The van der Waals surface area contributed by atoms with Crippen LogP contribution in [-0.4, -0.2) is 11.3 Å². The van der Waals surface area contributed by atoms with E-state index in [9.17, 15) is 26.7 Å². The molecule has 106 valence electrons. The van der Waals surface area contributed by atoms with E-state index in [2.05, 4.69) is 15.9 Å². The van der Waals surface area contributed by atoms with Gasteiger partial charge in [-0.15, -0.1) is 0 Å². The molecule has 0 spiro atoms. The van der Waals surface area contributed by atoms with Gasteiger partial charge < -0.3 is 0 Å². The number of alkyl halides is 6. The Morgan fingerprint density at radius 3 is 2.32 bits per heavy atom. The van der Waals surface area contributed by atoms with E-state index in [1.807, 2.05) is 0 Å². The molecule has 0 aliphatic rings. The molecule has 0 N–H and O–H groups in total. The first kappa shape index (κ1) is 16.4. The lowest BCUT2D eigenvalue weighted by Gasteiger charge is -2.17. The van der Waals surface area contributed by atoms with Crippen LogP contribution in [0.15, 0.2) is 23.1 Å². The van der Waals surface area contributed by atoms with Gasteiger partial charge in [0.15, 0.2) is 0 Å². The van der Waals surface area contributed by atoms with Crippen molar-refractivity contribution in [2.24, 2.45) is 0 Å². The fraction of sp³-hybridized carbons (Fsp3) is 0.364. The molecule has 1 rings (SSSR count). The quantitative estimate of drug-likeness (QED) is 0.412. The van der Waals surface area contributed by atoms with Crippen molar-refractivity contribution in [3.63, 3.8) is 0 Å². The standard InChI is InChI=1S/C11H8BrF5OS/c1-5(18)9(12)6-3-2-4-7(8(6)10(13)14)19-11(15,16)17/h2-4,9-10H,1H3. The molecule has 0 saturated heterocycles. The Bertz CT molecular complexity index is 475. The summed E-state index contributed by atoms with van der Waals surface area (Å²) in [6, 6.07) is 3.39. The molecule has 0 aliphatic heterocycles. The van der Waals surface area contributed by atoms with Gasteiger partial charge in [-0.25, -0.2) is 8.78 Å². The van der Waals surface area contributed by atoms with Crippen LogP contribution in [0.5, 0.6) is 0 Å². The molecule has 0 aliphatic carbocycles. The zero-order chi connectivity index (χ0) is 14.8. The molecule has 0 radical (unpaired) electrons. The van der Waals surface area contributed by atoms with Crippen LogP contribution >= 0.6 is 27.7 Å². The van der Waals surface area contributed by atoms with E-state index in [0.717, 1.165) is 13.0 Å². The number of Topliss-reactive ketones (excluding diaryl/α,β-unsaturated/α-hetero) is 1. The molecule has 1 aromatic rings. The lowest BCUT2D eigenvalue weighted by Crippen LogP contribution is -2.08. The number of carbonyl (C=O) groups excluding carboxylic acids is 1. The highest BCUT2D eigenvalue weighted by molar-refractivity contribution is 9.09. The molecule has 0 saturated carbocycles. The zero-order valence-corrected chi connectivity index (χ0v) is 11.9. The second-order valence-electron chi connectivity index (χ2n) is 3.58. The summed E-state index contributed by atoms with van der Waals surface area (Å²) in [6.07, 6.45) is -3.10. The number of hydrogen-bond donors (Lipinski definition) is 0. The van der Waals surface area contributed by atoms with Crippen molar-refractivity contribution in [1.29, 1.82) is 0 Å². The summed E-state index contributed by atoms with van der Waals surface area (Å²) >= 11 is 2.30. The highest BCUT2D eigenvalue weighted by Crippen LogP contribution is 2.44. The van der Waals surface area contributed by atoms with Gasteiger partial charge in [0.1, 0.15) is 5.78 Å². The molecular weight excluding hydrogens is 355 g/mol. The van der Waals surface area contributed by atoms with Crippen molar-refractivity contribution < 1.29 is 26.7 Å². The van der Waals surface area contributed by atoms with Crippen LogP contribution in [0.3, 0.4) is 0 Å². The summed E-state index contributed by atoms with van der Waals surface area (Å²) in [6.45, 7) is 1.16. The third-order valence-electron chi connectivity index (χ3n) is 2.17. The summed E-state index contributed by atoms with van der Waals surface area (Å²) in [5.74, 6) is -0.462. The van der Waals surface area contributed by atoms with E-state index in [-0.39, 0.29) is 5.56 Å². The maximum absolute atomic E-state index is 13.0. The van der Waals surface area contributed by atoms with Crippen LogP contribution in [0, 0.1) is 0 Å². The maximum Gasteiger partial charge on any atom is 0.446 e. The topological polar surface area (TPSA) is 17.1 Å². The summed E-state index contributed by atoms with van der Waals surface area (Å²) in [5.41, 5.74) is -5.57. The Labute approximate surface area is 118 Å². The minimum absolute atomic E-state index is 0.142. The number of halogens is 6. The van der Waals surface area contributed by atoms with Gasteiger partial charge in [-0.2, -0.15) is 13.2 Å². The van der Waals surface area contributed by atoms with Crippen LogP contribution in [0.4, 0.5) is 22.0 Å². The number of benzene rings is 1. The predicted molar refractivity (Wildman–Crippen MR) is 65.7 cm³/mol. The Kier molecular flexibility index (Phi) is 5.37. The molecule has 0 bridgehead atoms. The lowest BCUT2D eigenvalue weighted by molar-refractivity contribution is -0.116. The lowest BCUT2D eigenvalue weighted by atomic mass is 10.0. The predicted octanol–water partition coefficient (Wildman–Crippen LogP) is 5.26. The van der Waals surface area contributed by atoms with E-state index >= 15 is 0 Å². The van der Waals surface area contributed by atoms with Crippen molar-refractivity contribution in [2.75, 3.05) is 0 Å². The molecule has 1 atom stereocenters. The molecule has 19 heavy (non-hydrogen) atoms. The largest absolute Gasteiger partial charge is 0.446 e. The second kappa shape index (κ2) is 6.21. The molecule has 1 nitrogen and oxygen atoms in total. The minimum Gasteiger partial charge on any atom is -0.298 e. The van der Waals surface area contributed by atoms with E-state index in [1.165, 1.54) is 12.1 Å². The average molecular weight is 363 g/mol.